The third kappa shape index (κ3) is 6.54. The molecule has 1 aliphatic rings. The average molecular weight is 484 g/mol. The summed E-state index contributed by atoms with van der Waals surface area (Å²) in [5.41, 5.74) is 7.17. The Bertz CT molecular complexity index is 1180. The van der Waals surface area contributed by atoms with Crippen LogP contribution in [0.25, 0.3) is 0 Å². The Kier molecular flexibility index (Phi) is 8.76. The van der Waals surface area contributed by atoms with E-state index in [1.54, 1.807) is 6.21 Å². The second kappa shape index (κ2) is 12.6. The highest BCUT2D eigenvalue weighted by atomic mass is 16.5. The number of anilines is 1. The van der Waals surface area contributed by atoms with E-state index in [4.69, 9.17) is 9.47 Å². The van der Waals surface area contributed by atoms with Gasteiger partial charge in [-0.25, -0.2) is 5.43 Å². The normalized spacial score (nSPS) is 13.1. The number of ether oxygens (including phenoxy) is 2. The van der Waals surface area contributed by atoms with Crippen molar-refractivity contribution in [1.29, 1.82) is 0 Å². The smallest absolute Gasteiger partial charge is 0.271 e. The summed E-state index contributed by atoms with van der Waals surface area (Å²) in [5, 5.41) is 4.19. The highest BCUT2D eigenvalue weighted by molar-refractivity contribution is 5.95. The van der Waals surface area contributed by atoms with Crippen molar-refractivity contribution in [3.63, 3.8) is 0 Å². The zero-order chi connectivity index (χ0) is 25.2. The standard InChI is InChI=1S/C30H33N3O3/c1-3-10-26-19-24(20-28(35-4-2)29(26)36-22-23-11-6-5-7-12-23)21-31-32-30(34)25-13-15-27(16-14-25)33-17-8-9-18-33/h3,5-7,11-16,19-21H,1,4,8-10,17-18,22H2,2H3,(H,32,34)/b31-21-. The number of hydrazone groups is 1. The summed E-state index contributed by atoms with van der Waals surface area (Å²) in [4.78, 5) is 14.9. The van der Waals surface area contributed by atoms with E-state index in [0.717, 1.165) is 35.5 Å². The molecular weight excluding hydrogens is 450 g/mol. The molecule has 3 aromatic carbocycles. The number of benzene rings is 3. The lowest BCUT2D eigenvalue weighted by Gasteiger charge is -2.17. The highest BCUT2D eigenvalue weighted by Gasteiger charge is 2.14. The molecule has 0 bridgehead atoms. The van der Waals surface area contributed by atoms with Crippen molar-refractivity contribution in [2.24, 2.45) is 5.10 Å². The van der Waals surface area contributed by atoms with E-state index in [1.165, 1.54) is 12.8 Å². The van der Waals surface area contributed by atoms with Gasteiger partial charge in [-0.15, -0.1) is 6.58 Å². The lowest BCUT2D eigenvalue weighted by Crippen LogP contribution is -2.19. The maximum Gasteiger partial charge on any atom is 0.271 e. The first-order valence-corrected chi connectivity index (χ1v) is 12.4. The third-order valence-electron chi connectivity index (χ3n) is 6.02. The van der Waals surface area contributed by atoms with Gasteiger partial charge in [-0.3, -0.25) is 4.79 Å². The summed E-state index contributed by atoms with van der Waals surface area (Å²) in [6.45, 7) is 8.90. The molecule has 1 aliphatic heterocycles. The van der Waals surface area contributed by atoms with Gasteiger partial charge in [0.2, 0.25) is 0 Å². The first kappa shape index (κ1) is 25.0. The minimum absolute atomic E-state index is 0.251. The van der Waals surface area contributed by atoms with Crippen LogP contribution in [0, 0.1) is 0 Å². The van der Waals surface area contributed by atoms with E-state index in [2.05, 4.69) is 22.0 Å². The third-order valence-corrected chi connectivity index (χ3v) is 6.02. The zero-order valence-electron chi connectivity index (χ0n) is 20.8. The summed E-state index contributed by atoms with van der Waals surface area (Å²) in [7, 11) is 0. The Morgan fingerprint density at radius 3 is 2.50 bits per heavy atom. The number of hydrogen-bond donors (Lipinski definition) is 1. The number of hydrogen-bond acceptors (Lipinski definition) is 5. The number of carbonyl (C=O) groups is 1. The van der Waals surface area contributed by atoms with Crippen LogP contribution in [0.15, 0.2) is 84.5 Å². The number of amides is 1. The molecule has 0 radical (unpaired) electrons. The lowest BCUT2D eigenvalue weighted by atomic mass is 10.1. The molecule has 1 saturated heterocycles. The molecule has 186 valence electrons. The van der Waals surface area contributed by atoms with Crippen molar-refractivity contribution in [2.45, 2.75) is 32.8 Å². The molecule has 6 nitrogen and oxygen atoms in total. The van der Waals surface area contributed by atoms with Crippen LogP contribution in [0.1, 0.15) is 46.8 Å². The van der Waals surface area contributed by atoms with Gasteiger partial charge in [0.25, 0.3) is 5.91 Å². The molecule has 0 unspecified atom stereocenters. The Balaban J connectivity index is 1.46. The molecule has 1 N–H and O–H groups in total. The molecule has 0 spiro atoms. The second-order valence-corrected chi connectivity index (χ2v) is 8.65. The summed E-state index contributed by atoms with van der Waals surface area (Å²) in [6.07, 6.45) is 6.50. The molecule has 3 aromatic rings. The van der Waals surface area contributed by atoms with E-state index in [9.17, 15) is 4.79 Å². The van der Waals surface area contributed by atoms with Gasteiger partial charge in [-0.05, 0) is 73.7 Å². The quantitative estimate of drug-likeness (QED) is 0.214. The zero-order valence-corrected chi connectivity index (χ0v) is 20.8. The molecule has 1 amide bonds. The van der Waals surface area contributed by atoms with Crippen LogP contribution in [-0.4, -0.2) is 31.8 Å². The Morgan fingerprint density at radius 2 is 1.81 bits per heavy atom. The van der Waals surface area contributed by atoms with Gasteiger partial charge in [0, 0.05) is 29.9 Å². The fraction of sp³-hybridized carbons (Fsp3) is 0.267. The minimum Gasteiger partial charge on any atom is -0.490 e. The predicted molar refractivity (Wildman–Crippen MR) is 145 cm³/mol. The SMILES string of the molecule is C=CCc1cc(/C=N\NC(=O)c2ccc(N3CCCC3)cc2)cc(OCC)c1OCc1ccccc1. The molecule has 0 saturated carbocycles. The van der Waals surface area contributed by atoms with Crippen LogP contribution in [0.2, 0.25) is 0 Å². The Labute approximate surface area is 213 Å². The lowest BCUT2D eigenvalue weighted by molar-refractivity contribution is 0.0955. The summed E-state index contributed by atoms with van der Waals surface area (Å²) < 4.78 is 12.1. The highest BCUT2D eigenvalue weighted by Crippen LogP contribution is 2.34. The molecule has 36 heavy (non-hydrogen) atoms. The number of carbonyl (C=O) groups excluding carboxylic acids is 1. The van der Waals surface area contributed by atoms with Gasteiger partial charge in [0.15, 0.2) is 11.5 Å². The molecule has 6 heteroatoms. The maximum atomic E-state index is 12.6. The van der Waals surface area contributed by atoms with Gasteiger partial charge in [-0.1, -0.05) is 36.4 Å². The van der Waals surface area contributed by atoms with E-state index >= 15 is 0 Å². The summed E-state index contributed by atoms with van der Waals surface area (Å²) >= 11 is 0. The molecule has 1 heterocycles. The number of nitrogens with zero attached hydrogens (tertiary/aromatic N) is 2. The monoisotopic (exact) mass is 483 g/mol. The Morgan fingerprint density at radius 1 is 1.06 bits per heavy atom. The number of nitrogens with one attached hydrogen (secondary N) is 1. The van der Waals surface area contributed by atoms with Crippen molar-refractivity contribution >= 4 is 17.8 Å². The molecule has 4 rings (SSSR count). The molecule has 0 atom stereocenters. The topological polar surface area (TPSA) is 63.2 Å². The first-order chi connectivity index (χ1) is 17.7. The molecule has 0 aromatic heterocycles. The average Bonchev–Trinajstić information content (AvgIpc) is 3.44. The molecule has 0 aliphatic carbocycles. The summed E-state index contributed by atoms with van der Waals surface area (Å²) in [5.74, 6) is 1.08. The largest absolute Gasteiger partial charge is 0.490 e. The molecular formula is C30H33N3O3. The Hall–Kier alpha value is -4.06. The van der Waals surface area contributed by atoms with Gasteiger partial charge in [-0.2, -0.15) is 5.10 Å². The van der Waals surface area contributed by atoms with Crippen LogP contribution in [0.4, 0.5) is 5.69 Å². The van der Waals surface area contributed by atoms with Crippen molar-refractivity contribution in [3.8, 4) is 11.5 Å². The van der Waals surface area contributed by atoms with E-state index < -0.39 is 0 Å². The van der Waals surface area contributed by atoms with Gasteiger partial charge in [0.05, 0.1) is 12.8 Å². The van der Waals surface area contributed by atoms with E-state index in [0.29, 0.717) is 36.7 Å². The van der Waals surface area contributed by atoms with E-state index in [-0.39, 0.29) is 5.91 Å². The number of rotatable bonds is 11. The van der Waals surface area contributed by atoms with E-state index in [1.807, 2.05) is 79.7 Å². The predicted octanol–water partition coefficient (Wildman–Crippen LogP) is 5.76. The van der Waals surface area contributed by atoms with Crippen LogP contribution >= 0.6 is 0 Å². The number of allylic oxidation sites excluding steroid dienone is 1. The second-order valence-electron chi connectivity index (χ2n) is 8.65. The fourth-order valence-electron chi connectivity index (χ4n) is 4.25. The van der Waals surface area contributed by atoms with Crippen molar-refractivity contribution in [2.75, 3.05) is 24.6 Å². The minimum atomic E-state index is -0.251. The summed E-state index contributed by atoms with van der Waals surface area (Å²) in [6, 6.07) is 21.5. The van der Waals surface area contributed by atoms with Crippen LogP contribution in [0.5, 0.6) is 11.5 Å². The van der Waals surface area contributed by atoms with Crippen molar-refractivity contribution in [3.05, 3.63) is 102 Å². The molecule has 1 fully saturated rings. The van der Waals surface area contributed by atoms with Crippen LogP contribution < -0.4 is 19.8 Å². The first-order valence-electron chi connectivity index (χ1n) is 12.4. The van der Waals surface area contributed by atoms with Crippen molar-refractivity contribution < 1.29 is 14.3 Å². The van der Waals surface area contributed by atoms with Crippen LogP contribution in [-0.2, 0) is 13.0 Å². The van der Waals surface area contributed by atoms with Gasteiger partial charge in [0.1, 0.15) is 6.61 Å². The van der Waals surface area contributed by atoms with Gasteiger partial charge < -0.3 is 14.4 Å². The van der Waals surface area contributed by atoms with Crippen molar-refractivity contribution in [1.82, 2.24) is 5.43 Å². The maximum absolute atomic E-state index is 12.6. The van der Waals surface area contributed by atoms with Gasteiger partial charge >= 0.3 is 0 Å². The fourth-order valence-corrected chi connectivity index (χ4v) is 4.25. The van der Waals surface area contributed by atoms with Crippen LogP contribution in [0.3, 0.4) is 0 Å².